The standard InChI is InChI=1S/C12H16N2O2/c15-11-9-7-10(9)12(16)14(11)6-3-8-1-4-13-5-2-8/h1,9-10,13H,2-7H2. The molecule has 3 rings (SSSR count). The second-order valence-electron chi connectivity index (χ2n) is 4.84. The molecule has 1 aliphatic carbocycles. The third-order valence-corrected chi connectivity index (χ3v) is 3.77. The Morgan fingerprint density at radius 1 is 1.31 bits per heavy atom. The van der Waals surface area contributed by atoms with E-state index in [0.717, 1.165) is 32.4 Å². The Morgan fingerprint density at radius 2 is 2.06 bits per heavy atom. The molecule has 2 amide bonds. The zero-order valence-electron chi connectivity index (χ0n) is 9.24. The molecule has 1 saturated carbocycles. The molecule has 2 unspecified atom stereocenters. The minimum absolute atomic E-state index is 0.0505. The van der Waals surface area contributed by atoms with Crippen molar-refractivity contribution in [1.82, 2.24) is 10.2 Å². The third-order valence-electron chi connectivity index (χ3n) is 3.77. The predicted octanol–water partition coefficient (Wildman–Crippen LogP) is 0.301. The van der Waals surface area contributed by atoms with E-state index in [1.807, 2.05) is 0 Å². The van der Waals surface area contributed by atoms with Crippen molar-refractivity contribution in [3.63, 3.8) is 0 Å². The highest BCUT2D eigenvalue weighted by molar-refractivity contribution is 6.08. The van der Waals surface area contributed by atoms with Gasteiger partial charge in [0.1, 0.15) is 0 Å². The Labute approximate surface area is 94.7 Å². The molecular weight excluding hydrogens is 204 g/mol. The van der Waals surface area contributed by atoms with E-state index in [9.17, 15) is 9.59 Å². The van der Waals surface area contributed by atoms with Gasteiger partial charge in [0, 0.05) is 13.1 Å². The maximum atomic E-state index is 11.7. The van der Waals surface area contributed by atoms with E-state index in [-0.39, 0.29) is 23.7 Å². The van der Waals surface area contributed by atoms with Crippen LogP contribution in [0.3, 0.4) is 0 Å². The fourth-order valence-electron chi connectivity index (χ4n) is 2.62. The summed E-state index contributed by atoms with van der Waals surface area (Å²) in [6.45, 7) is 2.53. The molecule has 2 fully saturated rings. The molecule has 0 aromatic rings. The smallest absolute Gasteiger partial charge is 0.233 e. The number of hydrogen-bond donors (Lipinski definition) is 1. The molecule has 0 bridgehead atoms. The van der Waals surface area contributed by atoms with Crippen molar-refractivity contribution >= 4 is 11.8 Å². The van der Waals surface area contributed by atoms with E-state index in [0.29, 0.717) is 6.54 Å². The van der Waals surface area contributed by atoms with Crippen LogP contribution in [0.2, 0.25) is 0 Å². The number of hydrogen-bond acceptors (Lipinski definition) is 3. The topological polar surface area (TPSA) is 49.4 Å². The first-order chi connectivity index (χ1) is 7.77. The SMILES string of the molecule is O=C1C2CC2C(=O)N1CCC1=CCNCC1. The molecule has 4 nitrogen and oxygen atoms in total. The molecular formula is C12H16N2O2. The Bertz CT molecular complexity index is 355. The lowest BCUT2D eigenvalue weighted by Gasteiger charge is -2.19. The van der Waals surface area contributed by atoms with E-state index >= 15 is 0 Å². The Kier molecular flexibility index (Phi) is 2.32. The van der Waals surface area contributed by atoms with E-state index in [2.05, 4.69) is 11.4 Å². The number of imide groups is 1. The van der Waals surface area contributed by atoms with Crippen molar-refractivity contribution in [3.05, 3.63) is 11.6 Å². The van der Waals surface area contributed by atoms with Crippen LogP contribution in [0.15, 0.2) is 11.6 Å². The van der Waals surface area contributed by atoms with Gasteiger partial charge in [-0.15, -0.1) is 0 Å². The molecule has 16 heavy (non-hydrogen) atoms. The van der Waals surface area contributed by atoms with Crippen molar-refractivity contribution < 1.29 is 9.59 Å². The van der Waals surface area contributed by atoms with Gasteiger partial charge in [-0.3, -0.25) is 14.5 Å². The fourth-order valence-corrected chi connectivity index (χ4v) is 2.62. The number of likely N-dealkylation sites (tertiary alicyclic amines) is 1. The van der Waals surface area contributed by atoms with Crippen molar-refractivity contribution in [2.75, 3.05) is 19.6 Å². The predicted molar refractivity (Wildman–Crippen MR) is 58.5 cm³/mol. The van der Waals surface area contributed by atoms with Crippen LogP contribution in [0.25, 0.3) is 0 Å². The molecule has 2 aliphatic heterocycles. The van der Waals surface area contributed by atoms with Crippen LogP contribution in [0, 0.1) is 11.8 Å². The molecule has 0 aromatic heterocycles. The van der Waals surface area contributed by atoms with Gasteiger partial charge in [-0.05, 0) is 25.8 Å². The molecule has 0 radical (unpaired) electrons. The maximum Gasteiger partial charge on any atom is 0.233 e. The fraction of sp³-hybridized carbons (Fsp3) is 0.667. The molecule has 0 aromatic carbocycles. The lowest BCUT2D eigenvalue weighted by Crippen LogP contribution is -2.34. The van der Waals surface area contributed by atoms with Crippen molar-refractivity contribution in [2.24, 2.45) is 11.8 Å². The first kappa shape index (κ1) is 10.0. The Morgan fingerprint density at radius 3 is 2.69 bits per heavy atom. The van der Waals surface area contributed by atoms with Crippen LogP contribution in [-0.4, -0.2) is 36.3 Å². The van der Waals surface area contributed by atoms with Crippen molar-refractivity contribution in [2.45, 2.75) is 19.3 Å². The molecule has 86 valence electrons. The van der Waals surface area contributed by atoms with Gasteiger partial charge in [0.05, 0.1) is 11.8 Å². The average molecular weight is 220 g/mol. The number of carbonyl (C=O) groups excluding carboxylic acids is 2. The van der Waals surface area contributed by atoms with Crippen LogP contribution in [0.1, 0.15) is 19.3 Å². The normalized spacial score (nSPS) is 32.8. The quantitative estimate of drug-likeness (QED) is 0.550. The van der Waals surface area contributed by atoms with Gasteiger partial charge < -0.3 is 5.32 Å². The summed E-state index contributed by atoms with van der Waals surface area (Å²) in [5, 5.41) is 3.25. The third kappa shape index (κ3) is 1.57. The van der Waals surface area contributed by atoms with E-state index in [1.54, 1.807) is 0 Å². The number of rotatable bonds is 3. The summed E-state index contributed by atoms with van der Waals surface area (Å²) in [6, 6.07) is 0. The second kappa shape index (κ2) is 3.70. The Hall–Kier alpha value is -1.16. The summed E-state index contributed by atoms with van der Waals surface area (Å²) in [4.78, 5) is 24.9. The molecule has 0 spiro atoms. The van der Waals surface area contributed by atoms with Gasteiger partial charge in [0.15, 0.2) is 0 Å². The number of nitrogens with one attached hydrogen (secondary N) is 1. The molecule has 2 atom stereocenters. The Balaban J connectivity index is 1.57. The summed E-state index contributed by atoms with van der Waals surface area (Å²) >= 11 is 0. The monoisotopic (exact) mass is 220 g/mol. The van der Waals surface area contributed by atoms with E-state index in [4.69, 9.17) is 0 Å². The van der Waals surface area contributed by atoms with Gasteiger partial charge in [-0.25, -0.2) is 0 Å². The van der Waals surface area contributed by atoms with E-state index in [1.165, 1.54) is 10.5 Å². The molecule has 2 heterocycles. The number of fused-ring (bicyclic) bond motifs is 1. The summed E-state index contributed by atoms with van der Waals surface area (Å²) < 4.78 is 0. The van der Waals surface area contributed by atoms with E-state index < -0.39 is 0 Å². The number of amides is 2. The lowest BCUT2D eigenvalue weighted by atomic mass is 10.1. The van der Waals surface area contributed by atoms with Gasteiger partial charge >= 0.3 is 0 Å². The summed E-state index contributed by atoms with van der Waals surface area (Å²) in [5.41, 5.74) is 1.37. The van der Waals surface area contributed by atoms with Crippen molar-refractivity contribution in [3.8, 4) is 0 Å². The van der Waals surface area contributed by atoms with Crippen molar-refractivity contribution in [1.29, 1.82) is 0 Å². The largest absolute Gasteiger partial charge is 0.313 e. The van der Waals surface area contributed by atoms with Crippen LogP contribution in [-0.2, 0) is 9.59 Å². The minimum Gasteiger partial charge on any atom is -0.313 e. The zero-order valence-corrected chi connectivity index (χ0v) is 9.24. The first-order valence-corrected chi connectivity index (χ1v) is 6.01. The summed E-state index contributed by atoms with van der Waals surface area (Å²) in [5.74, 6) is 0.248. The highest BCUT2D eigenvalue weighted by Crippen LogP contribution is 2.47. The maximum absolute atomic E-state index is 11.7. The van der Waals surface area contributed by atoms with Crippen LogP contribution >= 0.6 is 0 Å². The van der Waals surface area contributed by atoms with Gasteiger partial charge in [0.25, 0.3) is 0 Å². The number of piperidine rings is 1. The van der Waals surface area contributed by atoms with Crippen LogP contribution < -0.4 is 5.32 Å². The summed E-state index contributed by atoms with van der Waals surface area (Å²) in [7, 11) is 0. The lowest BCUT2D eigenvalue weighted by molar-refractivity contribution is -0.141. The molecule has 1 saturated heterocycles. The average Bonchev–Trinajstić information content (AvgIpc) is 3.05. The summed E-state index contributed by atoms with van der Waals surface area (Å²) in [6.07, 6.45) is 4.89. The first-order valence-electron chi connectivity index (χ1n) is 6.01. The van der Waals surface area contributed by atoms with Gasteiger partial charge in [0.2, 0.25) is 11.8 Å². The molecule has 1 N–H and O–H groups in total. The molecule has 3 aliphatic rings. The van der Waals surface area contributed by atoms with Gasteiger partial charge in [-0.2, -0.15) is 0 Å². The highest BCUT2D eigenvalue weighted by atomic mass is 16.2. The minimum atomic E-state index is 0.0505. The highest BCUT2D eigenvalue weighted by Gasteiger charge is 2.58. The zero-order chi connectivity index (χ0) is 11.1. The van der Waals surface area contributed by atoms with Gasteiger partial charge in [-0.1, -0.05) is 11.6 Å². The van der Waals surface area contributed by atoms with Crippen LogP contribution in [0.5, 0.6) is 0 Å². The van der Waals surface area contributed by atoms with Crippen LogP contribution in [0.4, 0.5) is 0 Å². The molecule has 4 heteroatoms. The number of carbonyl (C=O) groups is 2. The number of nitrogens with zero attached hydrogens (tertiary/aromatic N) is 1. The second-order valence-corrected chi connectivity index (χ2v) is 4.84.